The Bertz CT molecular complexity index is 554. The molecule has 0 aliphatic carbocycles. The molecule has 2 aromatic rings. The molecule has 2 heterocycles. The molecule has 0 spiro atoms. The number of rotatable bonds is 2. The quantitative estimate of drug-likeness (QED) is 0.924. The van der Waals surface area contributed by atoms with Crippen molar-refractivity contribution in [2.45, 2.75) is 20.3 Å². The van der Waals surface area contributed by atoms with Crippen LogP contribution in [-0.4, -0.2) is 15.0 Å². The predicted octanol–water partition coefficient (Wildman–Crippen LogP) is 2.75. The van der Waals surface area contributed by atoms with Gasteiger partial charge in [0.05, 0.1) is 0 Å². The molecule has 0 saturated heterocycles. The number of pyridine rings is 1. The summed E-state index contributed by atoms with van der Waals surface area (Å²) in [7, 11) is 0. The summed E-state index contributed by atoms with van der Waals surface area (Å²) in [5, 5.41) is 0. The minimum atomic E-state index is 0.534. The zero-order chi connectivity index (χ0) is 12.4. The Hall–Kier alpha value is -1.49. The van der Waals surface area contributed by atoms with Gasteiger partial charge in [-0.3, -0.25) is 4.98 Å². The number of aromatic nitrogens is 3. The molecule has 17 heavy (non-hydrogen) atoms. The summed E-state index contributed by atoms with van der Waals surface area (Å²) < 4.78 is 0.899. The lowest BCUT2D eigenvalue weighted by atomic mass is 10.1. The molecule has 2 aromatic heterocycles. The summed E-state index contributed by atoms with van der Waals surface area (Å²) in [5.74, 6) is 1.16. The van der Waals surface area contributed by atoms with E-state index in [1.165, 1.54) is 0 Å². The Morgan fingerprint density at radius 3 is 2.71 bits per heavy atom. The first-order chi connectivity index (χ1) is 8.11. The highest BCUT2D eigenvalue weighted by Crippen LogP contribution is 2.22. The van der Waals surface area contributed by atoms with Crippen LogP contribution in [0.2, 0.25) is 0 Å². The van der Waals surface area contributed by atoms with Crippen LogP contribution >= 0.6 is 15.9 Å². The minimum absolute atomic E-state index is 0.534. The van der Waals surface area contributed by atoms with Crippen LogP contribution < -0.4 is 5.73 Å². The summed E-state index contributed by atoms with van der Waals surface area (Å²) in [5.41, 5.74) is 8.69. The largest absolute Gasteiger partial charge is 0.383 e. The first kappa shape index (κ1) is 12.0. The molecule has 0 atom stereocenters. The maximum atomic E-state index is 5.89. The van der Waals surface area contributed by atoms with Crippen LogP contribution in [0.4, 0.5) is 5.82 Å². The number of hydrogen-bond donors (Lipinski definition) is 1. The molecule has 0 aliphatic rings. The Kier molecular flexibility index (Phi) is 3.38. The van der Waals surface area contributed by atoms with Crippen molar-refractivity contribution in [1.82, 2.24) is 15.0 Å². The minimum Gasteiger partial charge on any atom is -0.383 e. The molecule has 0 radical (unpaired) electrons. The van der Waals surface area contributed by atoms with E-state index in [1.807, 2.05) is 13.0 Å². The Morgan fingerprint density at radius 2 is 2.06 bits per heavy atom. The fraction of sp³-hybridized carbons (Fsp3) is 0.250. The van der Waals surface area contributed by atoms with Gasteiger partial charge in [-0.1, -0.05) is 6.92 Å². The zero-order valence-electron chi connectivity index (χ0n) is 9.74. The van der Waals surface area contributed by atoms with E-state index in [2.05, 4.69) is 37.8 Å². The van der Waals surface area contributed by atoms with Crippen molar-refractivity contribution in [3.05, 3.63) is 34.2 Å². The average molecular weight is 293 g/mol. The summed E-state index contributed by atoms with van der Waals surface area (Å²) >= 11 is 3.38. The second-order valence-corrected chi connectivity index (χ2v) is 4.67. The fourth-order valence-electron chi connectivity index (χ4n) is 1.59. The van der Waals surface area contributed by atoms with Crippen LogP contribution in [0, 0.1) is 6.92 Å². The molecule has 0 amide bonds. The van der Waals surface area contributed by atoms with Gasteiger partial charge in [-0.2, -0.15) is 0 Å². The standard InChI is InChI=1S/C12H13BrN4/c1-3-10-7(2)11(14)17-12(16-10)8-4-9(13)6-15-5-8/h4-6H,3H2,1-2H3,(H2,14,16,17). The smallest absolute Gasteiger partial charge is 0.163 e. The molecule has 0 saturated carbocycles. The normalized spacial score (nSPS) is 10.5. The SMILES string of the molecule is CCc1nc(-c2cncc(Br)c2)nc(N)c1C. The summed E-state index contributed by atoms with van der Waals surface area (Å²) in [4.78, 5) is 12.9. The van der Waals surface area contributed by atoms with Crippen LogP contribution in [0.25, 0.3) is 11.4 Å². The lowest BCUT2D eigenvalue weighted by Gasteiger charge is -2.08. The van der Waals surface area contributed by atoms with E-state index in [1.54, 1.807) is 12.4 Å². The number of hydrogen-bond acceptors (Lipinski definition) is 4. The van der Waals surface area contributed by atoms with E-state index in [4.69, 9.17) is 5.73 Å². The van der Waals surface area contributed by atoms with Crippen molar-refractivity contribution >= 4 is 21.7 Å². The van der Waals surface area contributed by atoms with E-state index in [0.29, 0.717) is 11.6 Å². The number of nitrogen functional groups attached to an aromatic ring is 1. The Morgan fingerprint density at radius 1 is 1.29 bits per heavy atom. The third-order valence-corrected chi connectivity index (χ3v) is 3.02. The van der Waals surface area contributed by atoms with E-state index in [9.17, 15) is 0 Å². The van der Waals surface area contributed by atoms with E-state index in [-0.39, 0.29) is 0 Å². The Balaban J connectivity index is 2.56. The van der Waals surface area contributed by atoms with Gasteiger partial charge in [-0.05, 0) is 35.3 Å². The molecule has 2 N–H and O–H groups in total. The van der Waals surface area contributed by atoms with Crippen LogP contribution in [0.3, 0.4) is 0 Å². The third kappa shape index (κ3) is 2.44. The average Bonchev–Trinajstić information content (AvgIpc) is 2.32. The van der Waals surface area contributed by atoms with Crippen molar-refractivity contribution in [1.29, 1.82) is 0 Å². The fourth-order valence-corrected chi connectivity index (χ4v) is 1.95. The highest BCUT2D eigenvalue weighted by atomic mass is 79.9. The Labute approximate surface area is 108 Å². The van der Waals surface area contributed by atoms with E-state index < -0.39 is 0 Å². The van der Waals surface area contributed by atoms with Gasteiger partial charge in [0, 0.05) is 33.7 Å². The number of halogens is 1. The third-order valence-electron chi connectivity index (χ3n) is 2.58. The van der Waals surface area contributed by atoms with E-state index >= 15 is 0 Å². The molecule has 0 aromatic carbocycles. The van der Waals surface area contributed by atoms with Crippen molar-refractivity contribution in [2.75, 3.05) is 5.73 Å². The van der Waals surface area contributed by atoms with Crippen LogP contribution in [0.15, 0.2) is 22.9 Å². The first-order valence-electron chi connectivity index (χ1n) is 5.35. The van der Waals surface area contributed by atoms with Gasteiger partial charge in [-0.15, -0.1) is 0 Å². The van der Waals surface area contributed by atoms with Crippen LogP contribution in [-0.2, 0) is 6.42 Å². The summed E-state index contributed by atoms with van der Waals surface area (Å²) in [6.45, 7) is 3.99. The number of nitrogens with two attached hydrogens (primary N) is 1. The van der Waals surface area contributed by atoms with E-state index in [0.717, 1.165) is 27.7 Å². The number of anilines is 1. The molecule has 0 fully saturated rings. The maximum Gasteiger partial charge on any atom is 0.163 e. The first-order valence-corrected chi connectivity index (χ1v) is 6.15. The van der Waals surface area contributed by atoms with Crippen molar-refractivity contribution in [2.24, 2.45) is 0 Å². The van der Waals surface area contributed by atoms with Gasteiger partial charge in [0.1, 0.15) is 5.82 Å². The molecular formula is C12H13BrN4. The molecule has 4 nitrogen and oxygen atoms in total. The van der Waals surface area contributed by atoms with Crippen LogP contribution in [0.5, 0.6) is 0 Å². The number of nitrogens with zero attached hydrogens (tertiary/aromatic N) is 3. The number of aryl methyl sites for hydroxylation is 1. The second-order valence-electron chi connectivity index (χ2n) is 3.75. The highest BCUT2D eigenvalue weighted by molar-refractivity contribution is 9.10. The lowest BCUT2D eigenvalue weighted by Crippen LogP contribution is -2.04. The molecule has 5 heteroatoms. The molecule has 0 unspecified atom stereocenters. The molecule has 0 aliphatic heterocycles. The van der Waals surface area contributed by atoms with Crippen LogP contribution in [0.1, 0.15) is 18.2 Å². The van der Waals surface area contributed by atoms with Gasteiger partial charge in [-0.25, -0.2) is 9.97 Å². The highest BCUT2D eigenvalue weighted by Gasteiger charge is 2.09. The molecule has 0 bridgehead atoms. The molecule has 88 valence electrons. The van der Waals surface area contributed by atoms with Crippen molar-refractivity contribution in [3.8, 4) is 11.4 Å². The maximum absolute atomic E-state index is 5.89. The van der Waals surface area contributed by atoms with Crippen molar-refractivity contribution < 1.29 is 0 Å². The van der Waals surface area contributed by atoms with Gasteiger partial charge in [0.2, 0.25) is 0 Å². The summed E-state index contributed by atoms with van der Waals surface area (Å²) in [6, 6.07) is 1.93. The lowest BCUT2D eigenvalue weighted by molar-refractivity contribution is 0.980. The topological polar surface area (TPSA) is 64.7 Å². The van der Waals surface area contributed by atoms with Crippen molar-refractivity contribution in [3.63, 3.8) is 0 Å². The van der Waals surface area contributed by atoms with Gasteiger partial charge in [0.25, 0.3) is 0 Å². The summed E-state index contributed by atoms with van der Waals surface area (Å²) in [6.07, 6.45) is 4.29. The van der Waals surface area contributed by atoms with Gasteiger partial charge in [0.15, 0.2) is 5.82 Å². The molecule has 2 rings (SSSR count). The van der Waals surface area contributed by atoms with Gasteiger partial charge >= 0.3 is 0 Å². The molecular weight excluding hydrogens is 280 g/mol. The second kappa shape index (κ2) is 4.79. The predicted molar refractivity (Wildman–Crippen MR) is 71.5 cm³/mol. The van der Waals surface area contributed by atoms with Gasteiger partial charge < -0.3 is 5.73 Å². The monoisotopic (exact) mass is 292 g/mol. The zero-order valence-corrected chi connectivity index (χ0v) is 11.3.